The summed E-state index contributed by atoms with van der Waals surface area (Å²) in [5.41, 5.74) is 2.37. The Morgan fingerprint density at radius 2 is 1.64 bits per heavy atom. The minimum Gasteiger partial charge on any atom is -0.339 e. The van der Waals surface area contributed by atoms with Gasteiger partial charge in [0.15, 0.2) is 15.6 Å². The van der Waals surface area contributed by atoms with Crippen molar-refractivity contribution in [2.24, 2.45) is 5.92 Å². The lowest BCUT2D eigenvalue weighted by molar-refractivity contribution is -0.117. The Morgan fingerprint density at radius 3 is 2.21 bits per heavy atom. The van der Waals surface area contributed by atoms with Gasteiger partial charge >= 0.3 is 0 Å². The summed E-state index contributed by atoms with van der Waals surface area (Å²) >= 11 is 0. The number of hydrogen-bond acceptors (Lipinski definition) is 5. The van der Waals surface area contributed by atoms with Crippen LogP contribution in [0.2, 0.25) is 0 Å². The predicted molar refractivity (Wildman–Crippen MR) is 125 cm³/mol. The summed E-state index contributed by atoms with van der Waals surface area (Å²) in [6.45, 7) is 3.28. The first-order chi connectivity index (χ1) is 15.6. The van der Waals surface area contributed by atoms with Crippen LogP contribution in [0.3, 0.4) is 0 Å². The first-order valence-corrected chi connectivity index (χ1v) is 13.1. The fraction of sp³-hybridized carbons (Fsp3) is 0.400. The van der Waals surface area contributed by atoms with Crippen LogP contribution < -0.4 is 4.90 Å². The van der Waals surface area contributed by atoms with Gasteiger partial charge < -0.3 is 9.80 Å². The van der Waals surface area contributed by atoms with E-state index in [1.54, 1.807) is 15.9 Å². The number of amides is 2. The average molecular weight is 469 g/mol. The maximum atomic E-state index is 13.2. The van der Waals surface area contributed by atoms with Crippen LogP contribution in [0, 0.1) is 12.8 Å². The molecule has 2 aromatic carbocycles. The van der Waals surface area contributed by atoms with Gasteiger partial charge in [0.1, 0.15) is 0 Å². The lowest BCUT2D eigenvalue weighted by atomic mass is 9.88. The fourth-order valence-corrected chi connectivity index (χ4v) is 5.44. The van der Waals surface area contributed by atoms with E-state index >= 15 is 0 Å². The van der Waals surface area contributed by atoms with E-state index in [1.165, 1.54) is 12.1 Å². The van der Waals surface area contributed by atoms with Crippen molar-refractivity contribution < 1.29 is 22.8 Å². The molecule has 2 aliphatic rings. The third-order valence-corrected chi connectivity index (χ3v) is 7.61. The summed E-state index contributed by atoms with van der Waals surface area (Å²) in [4.78, 5) is 41.3. The van der Waals surface area contributed by atoms with E-state index in [2.05, 4.69) is 0 Å². The third-order valence-electron chi connectivity index (χ3n) is 6.47. The SMILES string of the molecule is Cc1ccc(C(=O)C2CCN(C(=O)c3ccc(N4CCCC4=O)cc3S(C)(=O)=O)CC2)cc1. The van der Waals surface area contributed by atoms with Crippen LogP contribution >= 0.6 is 0 Å². The molecular weight excluding hydrogens is 440 g/mol. The van der Waals surface area contributed by atoms with E-state index in [0.29, 0.717) is 50.1 Å². The van der Waals surface area contributed by atoms with Crippen LogP contribution in [-0.4, -0.2) is 56.8 Å². The molecule has 0 N–H and O–H groups in total. The van der Waals surface area contributed by atoms with Gasteiger partial charge in [0, 0.05) is 49.5 Å². The summed E-state index contributed by atoms with van der Waals surface area (Å²) in [5, 5.41) is 0. The molecule has 2 fully saturated rings. The molecular formula is C25H28N2O5S. The Kier molecular flexibility index (Phi) is 6.38. The highest BCUT2D eigenvalue weighted by atomic mass is 32.2. The number of carbonyl (C=O) groups excluding carboxylic acids is 3. The van der Waals surface area contributed by atoms with Crippen LogP contribution in [-0.2, 0) is 14.6 Å². The number of carbonyl (C=O) groups is 3. The Morgan fingerprint density at radius 1 is 0.970 bits per heavy atom. The van der Waals surface area contributed by atoms with Gasteiger partial charge in [0.05, 0.1) is 10.5 Å². The lowest BCUT2D eigenvalue weighted by Gasteiger charge is -2.32. The van der Waals surface area contributed by atoms with Crippen molar-refractivity contribution in [3.8, 4) is 0 Å². The highest BCUT2D eigenvalue weighted by molar-refractivity contribution is 7.90. The molecule has 8 heteroatoms. The summed E-state index contributed by atoms with van der Waals surface area (Å²) in [7, 11) is -3.69. The third kappa shape index (κ3) is 4.85. The van der Waals surface area contributed by atoms with Crippen molar-refractivity contribution in [2.45, 2.75) is 37.5 Å². The molecule has 7 nitrogen and oxygen atoms in total. The molecule has 0 aliphatic carbocycles. The van der Waals surface area contributed by atoms with E-state index in [9.17, 15) is 22.8 Å². The quantitative estimate of drug-likeness (QED) is 0.628. The zero-order valence-corrected chi connectivity index (χ0v) is 19.7. The molecule has 0 spiro atoms. The number of ketones is 1. The molecule has 2 amide bonds. The number of aryl methyl sites for hydroxylation is 1. The Balaban J connectivity index is 1.51. The summed E-state index contributed by atoms with van der Waals surface area (Å²) < 4.78 is 25.0. The van der Waals surface area contributed by atoms with E-state index in [4.69, 9.17) is 0 Å². The Hall–Kier alpha value is -3.00. The predicted octanol–water partition coefficient (Wildman–Crippen LogP) is 3.26. The van der Waals surface area contributed by atoms with Crippen molar-refractivity contribution >= 4 is 33.1 Å². The molecule has 2 heterocycles. The highest BCUT2D eigenvalue weighted by Gasteiger charge is 2.31. The zero-order valence-electron chi connectivity index (χ0n) is 18.9. The Labute approximate surface area is 194 Å². The molecule has 0 aromatic heterocycles. The van der Waals surface area contributed by atoms with Gasteiger partial charge in [-0.3, -0.25) is 14.4 Å². The molecule has 2 aromatic rings. The summed E-state index contributed by atoms with van der Waals surface area (Å²) in [6, 6.07) is 12.1. The first kappa shape index (κ1) is 23.2. The monoisotopic (exact) mass is 468 g/mol. The van der Waals surface area contributed by atoms with Crippen molar-refractivity contribution in [1.29, 1.82) is 0 Å². The highest BCUT2D eigenvalue weighted by Crippen LogP contribution is 2.29. The zero-order chi connectivity index (χ0) is 23.8. The van der Waals surface area contributed by atoms with Gasteiger partial charge in [-0.25, -0.2) is 8.42 Å². The van der Waals surface area contributed by atoms with Crippen LogP contribution in [0.4, 0.5) is 5.69 Å². The number of hydrogen-bond donors (Lipinski definition) is 0. The van der Waals surface area contributed by atoms with Crippen molar-refractivity contribution in [1.82, 2.24) is 4.90 Å². The van der Waals surface area contributed by atoms with Gasteiger partial charge in [0.2, 0.25) is 5.91 Å². The minimum absolute atomic E-state index is 0.0474. The molecule has 0 unspecified atom stereocenters. The van der Waals surface area contributed by atoms with Gasteiger partial charge in [0.25, 0.3) is 5.91 Å². The lowest BCUT2D eigenvalue weighted by Crippen LogP contribution is -2.40. The van der Waals surface area contributed by atoms with Crippen molar-refractivity contribution in [3.05, 3.63) is 59.2 Å². The molecule has 2 saturated heterocycles. The molecule has 0 radical (unpaired) electrons. The number of anilines is 1. The number of piperidine rings is 1. The van der Waals surface area contributed by atoms with Gasteiger partial charge in [-0.2, -0.15) is 0 Å². The molecule has 2 aliphatic heterocycles. The molecule has 174 valence electrons. The van der Waals surface area contributed by atoms with E-state index in [0.717, 1.165) is 18.2 Å². The second kappa shape index (κ2) is 9.09. The second-order valence-corrected chi connectivity index (χ2v) is 10.9. The van der Waals surface area contributed by atoms with Crippen LogP contribution in [0.25, 0.3) is 0 Å². The summed E-state index contributed by atoms with van der Waals surface area (Å²) in [6.07, 6.45) is 3.30. The van der Waals surface area contributed by atoms with Crippen molar-refractivity contribution in [2.75, 3.05) is 30.8 Å². The van der Waals surface area contributed by atoms with Gasteiger partial charge in [-0.05, 0) is 44.4 Å². The number of benzene rings is 2. The normalized spacial score (nSPS) is 17.5. The maximum absolute atomic E-state index is 13.2. The number of nitrogens with zero attached hydrogens (tertiary/aromatic N) is 2. The number of sulfone groups is 1. The number of Topliss-reactive ketones (excluding diaryl/α,β-unsaturated/α-hetero) is 1. The molecule has 0 atom stereocenters. The minimum atomic E-state index is -3.69. The Bertz CT molecular complexity index is 1200. The maximum Gasteiger partial charge on any atom is 0.255 e. The average Bonchev–Trinajstić information content (AvgIpc) is 3.23. The standard InChI is InChI=1S/C25H28N2O5S/c1-17-5-7-18(8-6-17)24(29)19-11-14-26(15-12-19)25(30)21-10-9-20(16-22(21)33(2,31)32)27-13-3-4-23(27)28/h5-10,16,19H,3-4,11-15H2,1-2H3. The van der Waals surface area contributed by atoms with Crippen LogP contribution in [0.5, 0.6) is 0 Å². The van der Waals surface area contributed by atoms with E-state index < -0.39 is 9.84 Å². The number of rotatable bonds is 5. The van der Waals surface area contributed by atoms with Gasteiger partial charge in [-0.15, -0.1) is 0 Å². The van der Waals surface area contributed by atoms with Crippen LogP contribution in [0.15, 0.2) is 47.4 Å². The molecule has 4 rings (SSSR count). The van der Waals surface area contributed by atoms with E-state index in [1.807, 2.05) is 31.2 Å². The molecule has 0 bridgehead atoms. The first-order valence-electron chi connectivity index (χ1n) is 11.2. The number of likely N-dealkylation sites (tertiary alicyclic amines) is 1. The topological polar surface area (TPSA) is 91.8 Å². The molecule has 0 saturated carbocycles. The smallest absolute Gasteiger partial charge is 0.255 e. The molecule has 33 heavy (non-hydrogen) atoms. The van der Waals surface area contributed by atoms with E-state index in [-0.39, 0.29) is 34.0 Å². The van der Waals surface area contributed by atoms with Gasteiger partial charge in [-0.1, -0.05) is 29.8 Å². The summed E-state index contributed by atoms with van der Waals surface area (Å²) in [5.74, 6) is -0.488. The van der Waals surface area contributed by atoms with Crippen LogP contribution in [0.1, 0.15) is 52.0 Å². The second-order valence-electron chi connectivity index (χ2n) is 8.90. The fourth-order valence-electron chi connectivity index (χ4n) is 4.55. The largest absolute Gasteiger partial charge is 0.339 e. The van der Waals surface area contributed by atoms with Crippen molar-refractivity contribution in [3.63, 3.8) is 0 Å².